The second kappa shape index (κ2) is 7.71. The molecular weight excluding hydrogens is 393 g/mol. The van der Waals surface area contributed by atoms with Gasteiger partial charge in [-0.3, -0.25) is 0 Å². The summed E-state index contributed by atoms with van der Waals surface area (Å²) in [6, 6.07) is 8.12. The number of nitrogens with zero attached hydrogens (tertiary/aromatic N) is 3. The Morgan fingerprint density at radius 3 is 2.76 bits per heavy atom. The van der Waals surface area contributed by atoms with E-state index in [4.69, 9.17) is 9.26 Å². The lowest BCUT2D eigenvalue weighted by Gasteiger charge is -2.06. The van der Waals surface area contributed by atoms with E-state index in [1.54, 1.807) is 31.2 Å². The largest absolute Gasteiger partial charge is 0.436 e. The Hall–Kier alpha value is -2.32. The van der Waals surface area contributed by atoms with Crippen molar-refractivity contribution in [1.29, 1.82) is 0 Å². The highest BCUT2D eigenvalue weighted by Gasteiger charge is 2.11. The topological polar surface area (TPSA) is 81.3 Å². The molecule has 0 aliphatic carbocycles. The molecule has 0 saturated carbocycles. The average Bonchev–Trinajstić information content (AvgIpc) is 3.05. The number of pyridine rings is 1. The van der Waals surface area contributed by atoms with E-state index in [1.165, 1.54) is 12.3 Å². The van der Waals surface area contributed by atoms with Gasteiger partial charge < -0.3 is 14.4 Å². The predicted octanol–water partition coefficient (Wildman–Crippen LogP) is 4.14. The van der Waals surface area contributed by atoms with Crippen LogP contribution in [-0.4, -0.2) is 26.3 Å². The van der Waals surface area contributed by atoms with Gasteiger partial charge >= 0.3 is 0 Å². The maximum Gasteiger partial charge on any atom is 0.255 e. The van der Waals surface area contributed by atoms with Crippen LogP contribution in [0.3, 0.4) is 0 Å². The van der Waals surface area contributed by atoms with Crippen molar-refractivity contribution < 1.29 is 18.8 Å². The number of rotatable bonds is 6. The number of aryl methyl sites for hydroxylation is 1. The zero-order valence-electron chi connectivity index (χ0n) is 13.3. The van der Waals surface area contributed by atoms with Gasteiger partial charge in [0.05, 0.1) is 6.10 Å². The van der Waals surface area contributed by atoms with Crippen LogP contribution >= 0.6 is 15.9 Å². The number of hydrogen-bond donors (Lipinski definition) is 1. The fourth-order valence-electron chi connectivity index (χ4n) is 2.07. The van der Waals surface area contributed by atoms with Gasteiger partial charge in [0, 0.05) is 22.7 Å². The van der Waals surface area contributed by atoms with Crippen LogP contribution in [-0.2, 0) is 6.42 Å². The van der Waals surface area contributed by atoms with Crippen molar-refractivity contribution in [3.8, 4) is 23.0 Å². The number of ether oxygens (including phenoxy) is 1. The van der Waals surface area contributed by atoms with Gasteiger partial charge in [-0.2, -0.15) is 4.98 Å². The number of halogens is 2. The Labute approximate surface area is 151 Å². The lowest BCUT2D eigenvalue weighted by molar-refractivity contribution is 0.180. The monoisotopic (exact) mass is 407 g/mol. The number of aliphatic hydroxyl groups is 1. The Bertz CT molecular complexity index is 853. The summed E-state index contributed by atoms with van der Waals surface area (Å²) in [6.45, 7) is 1.71. The summed E-state index contributed by atoms with van der Waals surface area (Å²) in [5.41, 5.74) is 0.739. The highest BCUT2D eigenvalue weighted by Crippen LogP contribution is 2.26. The van der Waals surface area contributed by atoms with Gasteiger partial charge in [-0.15, -0.1) is 0 Å². The number of benzene rings is 1. The summed E-state index contributed by atoms with van der Waals surface area (Å²) in [5.74, 6) is 0.697. The molecule has 0 radical (unpaired) electrons. The van der Waals surface area contributed by atoms with Crippen molar-refractivity contribution in [3.05, 3.63) is 52.7 Å². The molecule has 1 unspecified atom stereocenters. The second-order valence-corrected chi connectivity index (χ2v) is 6.38. The van der Waals surface area contributed by atoms with E-state index in [9.17, 15) is 9.50 Å². The first kappa shape index (κ1) is 17.5. The molecule has 6 nitrogen and oxygen atoms in total. The van der Waals surface area contributed by atoms with Crippen molar-refractivity contribution in [1.82, 2.24) is 15.1 Å². The molecule has 3 rings (SSSR count). The molecule has 0 bridgehead atoms. The van der Waals surface area contributed by atoms with Gasteiger partial charge in [-0.1, -0.05) is 5.16 Å². The van der Waals surface area contributed by atoms with Crippen LogP contribution in [0.5, 0.6) is 11.6 Å². The summed E-state index contributed by atoms with van der Waals surface area (Å²) >= 11 is 3.14. The maximum absolute atomic E-state index is 13.7. The van der Waals surface area contributed by atoms with Gasteiger partial charge in [0.15, 0.2) is 5.82 Å². The first-order valence-corrected chi connectivity index (χ1v) is 8.40. The van der Waals surface area contributed by atoms with Gasteiger partial charge in [0.2, 0.25) is 11.7 Å². The van der Waals surface area contributed by atoms with Crippen LogP contribution in [0.1, 0.15) is 19.2 Å². The highest BCUT2D eigenvalue weighted by molar-refractivity contribution is 9.10. The predicted molar refractivity (Wildman–Crippen MR) is 91.7 cm³/mol. The molecule has 2 aromatic heterocycles. The van der Waals surface area contributed by atoms with Crippen molar-refractivity contribution >= 4 is 15.9 Å². The molecule has 0 amide bonds. The zero-order chi connectivity index (χ0) is 17.8. The molecule has 0 spiro atoms. The van der Waals surface area contributed by atoms with Crippen LogP contribution in [0.25, 0.3) is 11.4 Å². The molecule has 0 fully saturated rings. The lowest BCUT2D eigenvalue weighted by Crippen LogP contribution is -2.01. The van der Waals surface area contributed by atoms with E-state index in [0.717, 1.165) is 5.56 Å². The van der Waals surface area contributed by atoms with E-state index in [0.29, 0.717) is 34.8 Å². The SMILES string of the molecule is CC(O)CCc1nc(-c2ccc(Oc3ncc(Br)cc3F)cc2)no1. The summed E-state index contributed by atoms with van der Waals surface area (Å²) < 4.78 is 24.9. The first-order chi connectivity index (χ1) is 12.0. The summed E-state index contributed by atoms with van der Waals surface area (Å²) in [6.07, 6.45) is 2.11. The summed E-state index contributed by atoms with van der Waals surface area (Å²) in [7, 11) is 0. The van der Waals surface area contributed by atoms with Crippen LogP contribution < -0.4 is 4.74 Å². The molecule has 1 atom stereocenters. The Morgan fingerprint density at radius 1 is 1.32 bits per heavy atom. The third-order valence-corrected chi connectivity index (χ3v) is 3.78. The Morgan fingerprint density at radius 2 is 2.08 bits per heavy atom. The third-order valence-electron chi connectivity index (χ3n) is 3.35. The first-order valence-electron chi connectivity index (χ1n) is 7.61. The smallest absolute Gasteiger partial charge is 0.255 e. The van der Waals surface area contributed by atoms with Gasteiger partial charge in [-0.25, -0.2) is 9.37 Å². The average molecular weight is 408 g/mol. The summed E-state index contributed by atoms with van der Waals surface area (Å²) in [5, 5.41) is 13.2. The zero-order valence-corrected chi connectivity index (χ0v) is 14.9. The van der Waals surface area contributed by atoms with Crippen molar-refractivity contribution in [3.63, 3.8) is 0 Å². The lowest BCUT2D eigenvalue weighted by atomic mass is 10.2. The van der Waals surface area contributed by atoms with Crippen molar-refractivity contribution in [2.24, 2.45) is 0 Å². The van der Waals surface area contributed by atoms with Crippen LogP contribution in [0, 0.1) is 5.82 Å². The maximum atomic E-state index is 13.7. The van der Waals surface area contributed by atoms with E-state index in [-0.39, 0.29) is 5.88 Å². The number of aromatic nitrogens is 3. The van der Waals surface area contributed by atoms with E-state index < -0.39 is 11.9 Å². The normalized spacial score (nSPS) is 12.2. The fourth-order valence-corrected chi connectivity index (χ4v) is 2.37. The van der Waals surface area contributed by atoms with Crippen LogP contribution in [0.2, 0.25) is 0 Å². The Kier molecular flexibility index (Phi) is 5.40. The van der Waals surface area contributed by atoms with E-state index in [1.807, 2.05) is 0 Å². The minimum Gasteiger partial charge on any atom is -0.436 e. The van der Waals surface area contributed by atoms with Gasteiger partial charge in [0.1, 0.15) is 5.75 Å². The van der Waals surface area contributed by atoms with Crippen molar-refractivity contribution in [2.45, 2.75) is 25.9 Å². The molecule has 8 heteroatoms. The molecule has 0 aliphatic rings. The summed E-state index contributed by atoms with van der Waals surface area (Å²) in [4.78, 5) is 8.17. The minimum absolute atomic E-state index is 0.101. The second-order valence-electron chi connectivity index (χ2n) is 5.47. The number of hydrogen-bond acceptors (Lipinski definition) is 6. The van der Waals surface area contributed by atoms with Crippen molar-refractivity contribution in [2.75, 3.05) is 0 Å². The molecule has 0 aliphatic heterocycles. The highest BCUT2D eigenvalue weighted by atomic mass is 79.9. The molecular formula is C17H15BrFN3O3. The molecule has 3 aromatic rings. The third kappa shape index (κ3) is 4.61. The Balaban J connectivity index is 1.69. The molecule has 0 saturated heterocycles. The molecule has 1 N–H and O–H groups in total. The van der Waals surface area contributed by atoms with Crippen LogP contribution in [0.15, 0.2) is 45.5 Å². The fraction of sp³-hybridized carbons (Fsp3) is 0.235. The molecule has 2 heterocycles. The number of aliphatic hydroxyl groups excluding tert-OH is 1. The van der Waals surface area contributed by atoms with Gasteiger partial charge in [-0.05, 0) is 59.6 Å². The van der Waals surface area contributed by atoms with E-state index >= 15 is 0 Å². The standard InChI is InChI=1S/C17H15BrFN3O3/c1-10(23)2-7-15-21-16(22-25-15)11-3-5-13(6-4-11)24-17-14(19)8-12(18)9-20-17/h3-6,8-10,23H,2,7H2,1H3. The van der Waals surface area contributed by atoms with E-state index in [2.05, 4.69) is 31.1 Å². The molecule has 25 heavy (non-hydrogen) atoms. The molecule has 1 aromatic carbocycles. The quantitative estimate of drug-likeness (QED) is 0.661. The van der Waals surface area contributed by atoms with Gasteiger partial charge in [0.25, 0.3) is 5.88 Å². The van der Waals surface area contributed by atoms with Crippen LogP contribution in [0.4, 0.5) is 4.39 Å². The minimum atomic E-state index is -0.556. The molecule has 130 valence electrons.